The van der Waals surface area contributed by atoms with Crippen molar-refractivity contribution in [2.45, 2.75) is 32.7 Å². The summed E-state index contributed by atoms with van der Waals surface area (Å²) in [5.41, 5.74) is 0.417. The molecule has 1 aliphatic rings. The molecule has 2 rings (SSSR count). The van der Waals surface area contributed by atoms with E-state index in [0.717, 1.165) is 26.2 Å². The summed E-state index contributed by atoms with van der Waals surface area (Å²) >= 11 is 18.1. The lowest BCUT2D eigenvalue weighted by atomic mass is 10.2. The van der Waals surface area contributed by atoms with E-state index in [1.54, 1.807) is 12.1 Å². The van der Waals surface area contributed by atoms with Gasteiger partial charge in [0, 0.05) is 17.6 Å². The Morgan fingerprint density at radius 3 is 2.54 bits per heavy atom. The van der Waals surface area contributed by atoms with Crippen molar-refractivity contribution >= 4 is 46.4 Å². The molecular formula is C17H24Cl3N3O. The third kappa shape index (κ3) is 5.24. The van der Waals surface area contributed by atoms with Crippen LogP contribution in [0.4, 0.5) is 5.69 Å². The molecule has 1 aromatic rings. The van der Waals surface area contributed by atoms with Crippen LogP contribution in [0, 0.1) is 0 Å². The van der Waals surface area contributed by atoms with Crippen LogP contribution in [0.1, 0.15) is 26.7 Å². The Hall–Kier alpha value is -0.520. The summed E-state index contributed by atoms with van der Waals surface area (Å²) in [6.45, 7) is 8.52. The van der Waals surface area contributed by atoms with Gasteiger partial charge in [0.05, 0.1) is 22.3 Å². The van der Waals surface area contributed by atoms with Gasteiger partial charge in [-0.2, -0.15) is 0 Å². The molecule has 1 N–H and O–H groups in total. The number of benzene rings is 1. The second-order valence-electron chi connectivity index (χ2n) is 6.04. The highest BCUT2D eigenvalue weighted by Crippen LogP contribution is 2.33. The van der Waals surface area contributed by atoms with E-state index in [2.05, 4.69) is 29.0 Å². The molecule has 24 heavy (non-hydrogen) atoms. The van der Waals surface area contributed by atoms with Crippen LogP contribution >= 0.6 is 34.8 Å². The van der Waals surface area contributed by atoms with Gasteiger partial charge in [0.1, 0.15) is 0 Å². The first kappa shape index (κ1) is 19.8. The quantitative estimate of drug-likeness (QED) is 0.747. The van der Waals surface area contributed by atoms with Gasteiger partial charge in [-0.15, -0.1) is 0 Å². The van der Waals surface area contributed by atoms with E-state index in [9.17, 15) is 4.79 Å². The van der Waals surface area contributed by atoms with E-state index in [-0.39, 0.29) is 5.91 Å². The molecular weight excluding hydrogens is 369 g/mol. The lowest BCUT2D eigenvalue weighted by Gasteiger charge is -2.29. The molecule has 1 atom stereocenters. The van der Waals surface area contributed by atoms with Crippen LogP contribution in [-0.2, 0) is 4.79 Å². The number of carbonyl (C=O) groups excluding carboxylic acids is 1. The van der Waals surface area contributed by atoms with Gasteiger partial charge in [0.2, 0.25) is 5.91 Å². The Labute approximate surface area is 159 Å². The number of nitrogens with zero attached hydrogens (tertiary/aromatic N) is 2. The van der Waals surface area contributed by atoms with E-state index < -0.39 is 0 Å². The lowest BCUT2D eigenvalue weighted by molar-refractivity contribution is -0.117. The third-order valence-electron chi connectivity index (χ3n) is 4.46. The molecule has 0 spiro atoms. The number of nitrogens with one attached hydrogen (secondary N) is 1. The van der Waals surface area contributed by atoms with Crippen LogP contribution in [0.15, 0.2) is 12.1 Å². The smallest absolute Gasteiger partial charge is 0.238 e. The minimum absolute atomic E-state index is 0.121. The summed E-state index contributed by atoms with van der Waals surface area (Å²) in [6.07, 6.45) is 2.43. The molecule has 1 unspecified atom stereocenters. The van der Waals surface area contributed by atoms with Crippen molar-refractivity contribution in [3.8, 4) is 0 Å². The molecule has 0 radical (unpaired) electrons. The SMILES string of the molecule is CCN(CC(=O)Nc1c(Cl)cc(Cl)cc1Cl)CC1CCCN1CC. The zero-order chi connectivity index (χ0) is 17.7. The molecule has 0 bridgehead atoms. The van der Waals surface area contributed by atoms with Gasteiger partial charge in [0.15, 0.2) is 0 Å². The van der Waals surface area contributed by atoms with Crippen LogP contribution in [0.3, 0.4) is 0 Å². The first-order valence-electron chi connectivity index (χ1n) is 8.35. The standard InChI is InChI=1S/C17H24Cl3N3O/c1-3-22(10-13-6-5-7-23(13)4-2)11-16(24)21-17-14(19)8-12(18)9-15(17)20/h8-9,13H,3-7,10-11H2,1-2H3,(H,21,24). The molecule has 1 aromatic carbocycles. The van der Waals surface area contributed by atoms with Gasteiger partial charge in [-0.1, -0.05) is 48.7 Å². The summed E-state index contributed by atoms with van der Waals surface area (Å²) in [5.74, 6) is -0.121. The molecule has 7 heteroatoms. The number of hydrogen-bond donors (Lipinski definition) is 1. The predicted octanol–water partition coefficient (Wildman–Crippen LogP) is 4.39. The maximum absolute atomic E-state index is 12.4. The molecule has 0 aliphatic carbocycles. The molecule has 1 saturated heterocycles. The fourth-order valence-corrected chi connectivity index (χ4v) is 4.08. The zero-order valence-electron chi connectivity index (χ0n) is 14.1. The summed E-state index contributed by atoms with van der Waals surface area (Å²) in [6, 6.07) is 3.67. The Bertz CT molecular complexity index is 559. The van der Waals surface area contributed by atoms with E-state index >= 15 is 0 Å². The Morgan fingerprint density at radius 2 is 1.96 bits per heavy atom. The fourth-order valence-electron chi connectivity index (χ4n) is 3.17. The van der Waals surface area contributed by atoms with Crippen molar-refractivity contribution in [2.24, 2.45) is 0 Å². The summed E-state index contributed by atoms with van der Waals surface area (Å²) in [7, 11) is 0. The Balaban J connectivity index is 1.95. The highest BCUT2D eigenvalue weighted by atomic mass is 35.5. The van der Waals surface area contributed by atoms with Crippen molar-refractivity contribution < 1.29 is 4.79 Å². The van der Waals surface area contributed by atoms with Crippen molar-refractivity contribution in [2.75, 3.05) is 38.0 Å². The van der Waals surface area contributed by atoms with Crippen molar-refractivity contribution in [1.29, 1.82) is 0 Å². The third-order valence-corrected chi connectivity index (χ3v) is 5.27. The average Bonchev–Trinajstić information content (AvgIpc) is 2.97. The van der Waals surface area contributed by atoms with Crippen LogP contribution < -0.4 is 5.32 Å². The molecule has 1 aliphatic heterocycles. The first-order chi connectivity index (χ1) is 11.4. The van der Waals surface area contributed by atoms with Gasteiger partial charge in [0.25, 0.3) is 0 Å². The minimum Gasteiger partial charge on any atom is -0.322 e. The molecule has 1 heterocycles. The largest absolute Gasteiger partial charge is 0.322 e. The van der Waals surface area contributed by atoms with Gasteiger partial charge in [-0.3, -0.25) is 14.6 Å². The van der Waals surface area contributed by atoms with E-state index in [4.69, 9.17) is 34.8 Å². The van der Waals surface area contributed by atoms with Crippen LogP contribution in [0.2, 0.25) is 15.1 Å². The lowest BCUT2D eigenvalue weighted by Crippen LogP contribution is -2.43. The Kier molecular flexibility index (Phi) is 7.63. The van der Waals surface area contributed by atoms with E-state index in [1.807, 2.05) is 0 Å². The van der Waals surface area contributed by atoms with E-state index in [0.29, 0.717) is 33.3 Å². The topological polar surface area (TPSA) is 35.6 Å². The summed E-state index contributed by atoms with van der Waals surface area (Å²) < 4.78 is 0. The number of halogens is 3. The second kappa shape index (κ2) is 9.25. The Morgan fingerprint density at radius 1 is 1.29 bits per heavy atom. The second-order valence-corrected chi connectivity index (χ2v) is 7.30. The van der Waals surface area contributed by atoms with Crippen molar-refractivity contribution in [3.05, 3.63) is 27.2 Å². The van der Waals surface area contributed by atoms with Crippen molar-refractivity contribution in [3.63, 3.8) is 0 Å². The molecule has 134 valence electrons. The zero-order valence-corrected chi connectivity index (χ0v) is 16.4. The average molecular weight is 393 g/mol. The van der Waals surface area contributed by atoms with Gasteiger partial charge in [-0.05, 0) is 44.6 Å². The first-order valence-corrected chi connectivity index (χ1v) is 9.48. The number of rotatable bonds is 7. The number of carbonyl (C=O) groups is 1. The number of likely N-dealkylation sites (N-methyl/N-ethyl adjacent to an activating group) is 2. The molecule has 0 aromatic heterocycles. The van der Waals surface area contributed by atoms with Gasteiger partial charge in [-0.25, -0.2) is 0 Å². The van der Waals surface area contributed by atoms with Crippen molar-refractivity contribution in [1.82, 2.24) is 9.80 Å². The maximum atomic E-state index is 12.4. The van der Waals surface area contributed by atoms with Gasteiger partial charge < -0.3 is 5.32 Å². The highest BCUT2D eigenvalue weighted by molar-refractivity contribution is 6.42. The minimum atomic E-state index is -0.121. The summed E-state index contributed by atoms with van der Waals surface area (Å²) in [4.78, 5) is 17.0. The number of likely N-dealkylation sites (tertiary alicyclic amines) is 1. The fraction of sp³-hybridized carbons (Fsp3) is 0.588. The summed E-state index contributed by atoms with van der Waals surface area (Å²) in [5, 5.41) is 3.94. The monoisotopic (exact) mass is 391 g/mol. The number of amides is 1. The molecule has 0 saturated carbocycles. The molecule has 1 amide bonds. The molecule has 4 nitrogen and oxygen atoms in total. The number of anilines is 1. The van der Waals surface area contributed by atoms with Crippen LogP contribution in [0.5, 0.6) is 0 Å². The van der Waals surface area contributed by atoms with E-state index in [1.165, 1.54) is 12.8 Å². The maximum Gasteiger partial charge on any atom is 0.238 e. The highest BCUT2D eigenvalue weighted by Gasteiger charge is 2.25. The van der Waals surface area contributed by atoms with Crippen LogP contribution in [-0.4, -0.2) is 54.5 Å². The van der Waals surface area contributed by atoms with Gasteiger partial charge >= 0.3 is 0 Å². The number of hydrogen-bond acceptors (Lipinski definition) is 3. The predicted molar refractivity (Wildman–Crippen MR) is 102 cm³/mol. The molecule has 1 fully saturated rings. The van der Waals surface area contributed by atoms with Crippen LogP contribution in [0.25, 0.3) is 0 Å². The normalized spacial score (nSPS) is 18.3.